The zero-order valence-electron chi connectivity index (χ0n) is 26.6. The quantitative estimate of drug-likeness (QED) is 0.234. The number of fused-ring (bicyclic) bond motifs is 1. The van der Waals surface area contributed by atoms with Crippen LogP contribution in [-0.2, 0) is 11.2 Å². The molecule has 0 aliphatic carbocycles. The van der Waals surface area contributed by atoms with Crippen molar-refractivity contribution >= 4 is 28.7 Å². The molecule has 2 saturated heterocycles. The van der Waals surface area contributed by atoms with E-state index in [1.165, 1.54) is 27.8 Å². The van der Waals surface area contributed by atoms with Gasteiger partial charge in [-0.05, 0) is 81.9 Å². The van der Waals surface area contributed by atoms with Crippen molar-refractivity contribution < 1.29 is 33.0 Å². The van der Waals surface area contributed by atoms with E-state index in [0.29, 0.717) is 40.6 Å². The van der Waals surface area contributed by atoms with Crippen molar-refractivity contribution in [3.8, 4) is 17.2 Å². The summed E-state index contributed by atoms with van der Waals surface area (Å²) < 4.78 is 28.1. The van der Waals surface area contributed by atoms with Crippen LogP contribution >= 0.6 is 0 Å². The Balaban J connectivity index is 1.40. The molecule has 1 atom stereocenters. The second-order valence-corrected chi connectivity index (χ2v) is 11.7. The van der Waals surface area contributed by atoms with Crippen LogP contribution in [0.2, 0.25) is 0 Å². The molecule has 2 aliphatic rings. The number of rotatable bonds is 10. The zero-order valence-corrected chi connectivity index (χ0v) is 26.6. The maximum atomic E-state index is 13.5. The fraction of sp³-hybridized carbons (Fsp3) is 0.500. The summed E-state index contributed by atoms with van der Waals surface area (Å²) in [5.41, 5.74) is 1.91. The maximum absolute atomic E-state index is 13.5. The van der Waals surface area contributed by atoms with Gasteiger partial charge in [-0.25, -0.2) is 14.4 Å². The van der Waals surface area contributed by atoms with Crippen LogP contribution in [0.25, 0.3) is 11.0 Å². The molecular formula is C34H43N3O8. The summed E-state index contributed by atoms with van der Waals surface area (Å²) in [6.45, 7) is 5.62. The minimum Gasteiger partial charge on any atom is -0.493 e. The van der Waals surface area contributed by atoms with E-state index in [4.69, 9.17) is 23.4 Å². The summed E-state index contributed by atoms with van der Waals surface area (Å²) in [6, 6.07) is 8.31. The molecule has 3 heterocycles. The van der Waals surface area contributed by atoms with E-state index in [1.807, 2.05) is 19.1 Å². The Morgan fingerprint density at radius 2 is 1.53 bits per heavy atom. The van der Waals surface area contributed by atoms with Gasteiger partial charge in [0.15, 0.2) is 11.5 Å². The first-order chi connectivity index (χ1) is 21.8. The average molecular weight is 622 g/mol. The molecule has 0 bridgehead atoms. The summed E-state index contributed by atoms with van der Waals surface area (Å²) in [4.78, 5) is 43.7. The van der Waals surface area contributed by atoms with Gasteiger partial charge in [0, 0.05) is 48.8 Å². The van der Waals surface area contributed by atoms with Crippen LogP contribution in [0.15, 0.2) is 39.5 Å². The number of carbonyl (C=O) groups excluding carboxylic acids is 2. The first kappa shape index (κ1) is 32.2. The summed E-state index contributed by atoms with van der Waals surface area (Å²) >= 11 is 0. The van der Waals surface area contributed by atoms with Crippen molar-refractivity contribution in [2.24, 2.45) is 0 Å². The molecule has 1 aromatic heterocycles. The van der Waals surface area contributed by atoms with Crippen molar-refractivity contribution in [2.75, 3.05) is 59.4 Å². The second-order valence-electron chi connectivity index (χ2n) is 11.7. The normalized spacial score (nSPS) is 16.2. The van der Waals surface area contributed by atoms with Crippen LogP contribution < -0.4 is 25.2 Å². The summed E-state index contributed by atoms with van der Waals surface area (Å²) in [7, 11) is 4.47. The van der Waals surface area contributed by atoms with E-state index in [9.17, 15) is 14.4 Å². The summed E-state index contributed by atoms with van der Waals surface area (Å²) in [6.07, 6.45) is 6.01. The predicted molar refractivity (Wildman–Crippen MR) is 171 cm³/mol. The van der Waals surface area contributed by atoms with E-state index in [1.54, 1.807) is 23.1 Å². The number of nitrogens with one attached hydrogen (secondary N) is 1. The Labute approximate surface area is 263 Å². The Morgan fingerprint density at radius 3 is 2.16 bits per heavy atom. The molecule has 2 aliphatic heterocycles. The van der Waals surface area contributed by atoms with Gasteiger partial charge in [-0.1, -0.05) is 6.42 Å². The second kappa shape index (κ2) is 14.7. The van der Waals surface area contributed by atoms with Crippen LogP contribution in [0.1, 0.15) is 60.0 Å². The minimum absolute atomic E-state index is 0.154. The number of amides is 2. The van der Waals surface area contributed by atoms with E-state index >= 15 is 0 Å². The van der Waals surface area contributed by atoms with Gasteiger partial charge in [0.25, 0.3) is 0 Å². The molecule has 0 spiro atoms. The highest BCUT2D eigenvalue weighted by atomic mass is 16.5. The third kappa shape index (κ3) is 7.53. The lowest BCUT2D eigenvalue weighted by molar-refractivity contribution is 0.0183. The number of aryl methyl sites for hydroxylation is 1. The van der Waals surface area contributed by atoms with Gasteiger partial charge < -0.3 is 33.6 Å². The van der Waals surface area contributed by atoms with E-state index in [0.717, 1.165) is 69.2 Å². The standard InChI is InChI=1S/C34H43N3O8/c1-22-26-12-11-24(35-34(40)37-15-9-6-10-16-37)19-28(26)45-33(39)27(22)20-25(21-36-13-7-5-8-14-36)44-32(38)23-17-29(41-2)31(43-4)30(18-23)42-3/h11-12,17-19,25H,5-10,13-16,20-21H2,1-4H3,(H,35,40). The smallest absolute Gasteiger partial charge is 0.339 e. The highest BCUT2D eigenvalue weighted by Gasteiger charge is 2.26. The molecule has 1 unspecified atom stereocenters. The van der Waals surface area contributed by atoms with Crippen LogP contribution in [0.3, 0.4) is 0 Å². The maximum Gasteiger partial charge on any atom is 0.339 e. The van der Waals surface area contributed by atoms with Gasteiger partial charge in [-0.15, -0.1) is 0 Å². The van der Waals surface area contributed by atoms with Crippen molar-refractivity contribution in [3.05, 3.63) is 57.4 Å². The van der Waals surface area contributed by atoms with Crippen LogP contribution in [0.4, 0.5) is 10.5 Å². The fourth-order valence-corrected chi connectivity index (χ4v) is 6.23. The van der Waals surface area contributed by atoms with Crippen molar-refractivity contribution in [3.63, 3.8) is 0 Å². The first-order valence-corrected chi connectivity index (χ1v) is 15.7. The highest BCUT2D eigenvalue weighted by Crippen LogP contribution is 2.38. The summed E-state index contributed by atoms with van der Waals surface area (Å²) in [5, 5.41) is 3.69. The Bertz CT molecular complexity index is 1550. The topological polar surface area (TPSA) is 120 Å². The SMILES string of the molecule is COc1cc(C(=O)OC(Cc2c(C)c3ccc(NC(=O)N4CCCCC4)cc3oc2=O)CN2CCCCC2)cc(OC)c1OC. The Hall–Kier alpha value is -4.25. The van der Waals surface area contributed by atoms with Crippen molar-refractivity contribution in [2.45, 2.75) is 58.0 Å². The average Bonchev–Trinajstić information content (AvgIpc) is 3.06. The van der Waals surface area contributed by atoms with E-state index in [2.05, 4.69) is 10.2 Å². The van der Waals surface area contributed by atoms with Crippen molar-refractivity contribution in [1.29, 1.82) is 0 Å². The van der Waals surface area contributed by atoms with Gasteiger partial charge in [-0.2, -0.15) is 0 Å². The number of anilines is 1. The molecule has 5 rings (SSSR count). The molecule has 3 aromatic rings. The molecule has 45 heavy (non-hydrogen) atoms. The number of carbonyl (C=O) groups is 2. The van der Waals surface area contributed by atoms with Gasteiger partial charge in [0.1, 0.15) is 11.7 Å². The molecule has 2 fully saturated rings. The number of methoxy groups -OCH3 is 3. The predicted octanol–water partition coefficient (Wildman–Crippen LogP) is 5.40. The van der Waals surface area contributed by atoms with Gasteiger partial charge >= 0.3 is 17.6 Å². The van der Waals surface area contributed by atoms with E-state index < -0.39 is 17.7 Å². The number of piperidine rings is 2. The Kier molecular flexibility index (Phi) is 10.5. The number of esters is 1. The van der Waals surface area contributed by atoms with Crippen molar-refractivity contribution in [1.82, 2.24) is 9.80 Å². The largest absolute Gasteiger partial charge is 0.493 e. The van der Waals surface area contributed by atoms with Gasteiger partial charge in [0.05, 0.1) is 26.9 Å². The number of hydrogen-bond acceptors (Lipinski definition) is 9. The third-order valence-electron chi connectivity index (χ3n) is 8.70. The number of hydrogen-bond donors (Lipinski definition) is 1. The molecule has 2 aromatic carbocycles. The number of urea groups is 1. The zero-order chi connectivity index (χ0) is 31.9. The van der Waals surface area contributed by atoms with E-state index in [-0.39, 0.29) is 18.0 Å². The van der Waals surface area contributed by atoms with Crippen LogP contribution in [-0.4, -0.2) is 82.0 Å². The molecule has 2 amide bonds. The minimum atomic E-state index is -0.614. The van der Waals surface area contributed by atoms with Crippen LogP contribution in [0, 0.1) is 6.92 Å². The molecule has 0 saturated carbocycles. The first-order valence-electron chi connectivity index (χ1n) is 15.7. The lowest BCUT2D eigenvalue weighted by atomic mass is 10.00. The van der Waals surface area contributed by atoms with Crippen LogP contribution in [0.5, 0.6) is 17.2 Å². The summed E-state index contributed by atoms with van der Waals surface area (Å²) in [5.74, 6) is 0.496. The molecule has 11 nitrogen and oxygen atoms in total. The lowest BCUT2D eigenvalue weighted by Gasteiger charge is -2.30. The number of likely N-dealkylation sites (tertiary alicyclic amines) is 2. The van der Waals surface area contributed by atoms with Gasteiger partial charge in [0.2, 0.25) is 5.75 Å². The monoisotopic (exact) mass is 621 g/mol. The highest BCUT2D eigenvalue weighted by molar-refractivity contribution is 5.93. The van der Waals surface area contributed by atoms with Gasteiger partial charge in [-0.3, -0.25) is 4.90 Å². The fourth-order valence-electron chi connectivity index (χ4n) is 6.23. The molecule has 0 radical (unpaired) electrons. The number of ether oxygens (including phenoxy) is 4. The molecule has 242 valence electrons. The molecule has 11 heteroatoms. The molecular weight excluding hydrogens is 578 g/mol. The third-order valence-corrected chi connectivity index (χ3v) is 8.70. The number of benzene rings is 2. The number of nitrogens with zero attached hydrogens (tertiary/aromatic N) is 2. The Morgan fingerprint density at radius 1 is 0.889 bits per heavy atom. The molecule has 1 N–H and O–H groups in total. The lowest BCUT2D eigenvalue weighted by Crippen LogP contribution is -2.40.